The van der Waals surface area contributed by atoms with Gasteiger partial charge in [-0.2, -0.15) is 5.10 Å². The van der Waals surface area contributed by atoms with E-state index >= 15 is 0 Å². The molecule has 0 spiro atoms. The molecule has 0 aliphatic rings. The molecule has 3 rings (SSSR count). The predicted molar refractivity (Wildman–Crippen MR) is 108 cm³/mol. The number of nitrogens with zero attached hydrogens (tertiary/aromatic N) is 2. The van der Waals surface area contributed by atoms with Crippen LogP contribution in [0.2, 0.25) is 0 Å². The molecule has 0 unspecified atom stereocenters. The van der Waals surface area contributed by atoms with Crippen LogP contribution in [-0.2, 0) is 0 Å². The van der Waals surface area contributed by atoms with Crippen molar-refractivity contribution in [2.45, 2.75) is 20.8 Å². The molecule has 0 saturated heterocycles. The second-order valence-electron chi connectivity index (χ2n) is 6.53. The molecule has 0 bridgehead atoms. The summed E-state index contributed by atoms with van der Waals surface area (Å²) in [5.74, 6) is -1.25. The van der Waals surface area contributed by atoms with Crippen molar-refractivity contribution in [2.24, 2.45) is 5.10 Å². The third kappa shape index (κ3) is 3.86. The summed E-state index contributed by atoms with van der Waals surface area (Å²) >= 11 is 0. The third-order valence-corrected chi connectivity index (χ3v) is 4.57. The van der Waals surface area contributed by atoms with Crippen molar-refractivity contribution in [3.8, 4) is 5.69 Å². The number of carboxylic acid groups (broad SMARTS) is 1. The van der Waals surface area contributed by atoms with Crippen LogP contribution in [0.4, 0.5) is 0 Å². The molecule has 0 radical (unpaired) electrons. The van der Waals surface area contributed by atoms with Crippen LogP contribution in [0.15, 0.2) is 59.7 Å². The van der Waals surface area contributed by atoms with E-state index in [0.717, 1.165) is 28.2 Å². The lowest BCUT2D eigenvalue weighted by atomic mass is 10.1. The van der Waals surface area contributed by atoms with Gasteiger partial charge in [-0.3, -0.25) is 4.79 Å². The number of carboxylic acids is 1. The fourth-order valence-corrected chi connectivity index (χ4v) is 3.09. The van der Waals surface area contributed by atoms with Crippen molar-refractivity contribution >= 4 is 18.1 Å². The smallest absolute Gasteiger partial charge is 0.335 e. The van der Waals surface area contributed by atoms with E-state index in [1.54, 1.807) is 48.7 Å². The summed E-state index contributed by atoms with van der Waals surface area (Å²) in [5.41, 5.74) is 7.75. The van der Waals surface area contributed by atoms with Gasteiger partial charge < -0.3 is 9.67 Å². The van der Waals surface area contributed by atoms with Crippen molar-refractivity contribution < 1.29 is 14.7 Å². The van der Waals surface area contributed by atoms with E-state index in [0.29, 0.717) is 5.56 Å². The fourth-order valence-electron chi connectivity index (χ4n) is 3.09. The molecule has 0 fully saturated rings. The number of aromatic carboxylic acids is 1. The van der Waals surface area contributed by atoms with Crippen molar-refractivity contribution in [1.82, 2.24) is 9.99 Å². The Morgan fingerprint density at radius 1 is 1.00 bits per heavy atom. The van der Waals surface area contributed by atoms with Gasteiger partial charge in [0, 0.05) is 28.2 Å². The van der Waals surface area contributed by atoms with Crippen LogP contribution in [0.25, 0.3) is 5.69 Å². The Morgan fingerprint density at radius 2 is 1.71 bits per heavy atom. The average molecular weight is 375 g/mol. The number of aryl methyl sites for hydroxylation is 2. The molecule has 1 amide bonds. The molecule has 0 aliphatic heterocycles. The molecule has 3 aromatic rings. The number of hydrogen-bond acceptors (Lipinski definition) is 3. The number of amides is 1. The lowest BCUT2D eigenvalue weighted by Crippen LogP contribution is -2.17. The first kappa shape index (κ1) is 19.1. The molecule has 1 aromatic heterocycles. The Hall–Kier alpha value is -3.67. The van der Waals surface area contributed by atoms with Gasteiger partial charge in [-0.05, 0) is 56.7 Å². The summed E-state index contributed by atoms with van der Waals surface area (Å²) in [7, 11) is 0. The number of benzene rings is 2. The lowest BCUT2D eigenvalue weighted by molar-refractivity contribution is 0.0696. The number of carbonyl (C=O) groups is 2. The molecule has 6 nitrogen and oxygen atoms in total. The predicted octanol–water partition coefficient (Wildman–Crippen LogP) is 3.86. The van der Waals surface area contributed by atoms with Crippen molar-refractivity contribution in [2.75, 3.05) is 0 Å². The lowest BCUT2D eigenvalue weighted by Gasteiger charge is -2.13. The number of carbonyl (C=O) groups excluding carboxylic acids is 1. The molecular weight excluding hydrogens is 354 g/mol. The molecule has 2 aromatic carbocycles. The van der Waals surface area contributed by atoms with Crippen molar-refractivity contribution in [1.29, 1.82) is 0 Å². The van der Waals surface area contributed by atoms with Gasteiger partial charge >= 0.3 is 5.97 Å². The SMILES string of the molecule is Cc1ccc(C(=O)O)cc1-n1c(C)cc(C=NNC(=O)c2ccccc2)c1C. The van der Waals surface area contributed by atoms with E-state index in [1.807, 2.05) is 37.5 Å². The molecular formula is C22H21N3O3. The maximum absolute atomic E-state index is 12.1. The Kier molecular flexibility index (Phi) is 5.40. The van der Waals surface area contributed by atoms with Crippen LogP contribution in [0, 0.1) is 20.8 Å². The first-order valence-corrected chi connectivity index (χ1v) is 8.80. The van der Waals surface area contributed by atoms with Crippen molar-refractivity contribution in [3.63, 3.8) is 0 Å². The molecule has 0 saturated carbocycles. The Morgan fingerprint density at radius 3 is 2.39 bits per heavy atom. The Bertz CT molecular complexity index is 1070. The van der Waals surface area contributed by atoms with E-state index in [1.165, 1.54) is 0 Å². The van der Waals surface area contributed by atoms with Crippen LogP contribution in [0.1, 0.15) is 43.2 Å². The summed E-state index contributed by atoms with van der Waals surface area (Å²) in [6, 6.07) is 15.9. The maximum atomic E-state index is 12.1. The molecule has 28 heavy (non-hydrogen) atoms. The van der Waals surface area contributed by atoms with E-state index < -0.39 is 5.97 Å². The standard InChI is InChI=1S/C22H21N3O3/c1-14-9-10-18(22(27)28)12-20(14)25-15(2)11-19(16(25)3)13-23-24-21(26)17-7-5-4-6-8-17/h4-13H,1-3H3,(H,24,26)(H,27,28). The molecule has 1 heterocycles. The van der Waals surface area contributed by atoms with Crippen LogP contribution < -0.4 is 5.43 Å². The second kappa shape index (κ2) is 7.92. The highest BCUT2D eigenvalue weighted by atomic mass is 16.4. The molecule has 142 valence electrons. The van der Waals surface area contributed by atoms with Crippen LogP contribution in [0.5, 0.6) is 0 Å². The zero-order chi connectivity index (χ0) is 20.3. The Balaban J connectivity index is 1.88. The van der Waals surface area contributed by atoms with Crippen LogP contribution >= 0.6 is 0 Å². The Labute approximate surface area is 163 Å². The highest BCUT2D eigenvalue weighted by Crippen LogP contribution is 2.23. The molecule has 6 heteroatoms. The minimum absolute atomic E-state index is 0.235. The van der Waals surface area contributed by atoms with E-state index in [2.05, 4.69) is 10.5 Å². The van der Waals surface area contributed by atoms with Crippen molar-refractivity contribution in [3.05, 3.63) is 88.2 Å². The van der Waals surface area contributed by atoms with E-state index in [-0.39, 0.29) is 11.5 Å². The largest absolute Gasteiger partial charge is 0.478 e. The van der Waals surface area contributed by atoms with Gasteiger partial charge in [0.1, 0.15) is 0 Å². The summed E-state index contributed by atoms with van der Waals surface area (Å²) in [6.07, 6.45) is 1.59. The van der Waals surface area contributed by atoms with Crippen LogP contribution in [0.3, 0.4) is 0 Å². The summed E-state index contributed by atoms with van der Waals surface area (Å²) in [4.78, 5) is 23.4. The number of aromatic nitrogens is 1. The minimum Gasteiger partial charge on any atom is -0.478 e. The van der Waals surface area contributed by atoms with Gasteiger partial charge in [0.25, 0.3) is 5.91 Å². The minimum atomic E-state index is -0.964. The average Bonchev–Trinajstić information content (AvgIpc) is 2.96. The van der Waals surface area contributed by atoms with Gasteiger partial charge in [0.15, 0.2) is 0 Å². The zero-order valence-corrected chi connectivity index (χ0v) is 15.9. The highest BCUT2D eigenvalue weighted by molar-refractivity contribution is 5.95. The maximum Gasteiger partial charge on any atom is 0.335 e. The quantitative estimate of drug-likeness (QED) is 0.525. The van der Waals surface area contributed by atoms with E-state index in [9.17, 15) is 14.7 Å². The number of hydrogen-bond donors (Lipinski definition) is 2. The third-order valence-electron chi connectivity index (χ3n) is 4.57. The highest BCUT2D eigenvalue weighted by Gasteiger charge is 2.14. The first-order chi connectivity index (χ1) is 13.4. The normalized spacial score (nSPS) is 11.0. The first-order valence-electron chi connectivity index (χ1n) is 8.80. The second-order valence-corrected chi connectivity index (χ2v) is 6.53. The number of nitrogens with one attached hydrogen (secondary N) is 1. The van der Waals surface area contributed by atoms with Crippen LogP contribution in [-0.4, -0.2) is 27.8 Å². The number of hydrazone groups is 1. The van der Waals surface area contributed by atoms with Gasteiger partial charge in [-0.15, -0.1) is 0 Å². The molecule has 0 aliphatic carbocycles. The fraction of sp³-hybridized carbons (Fsp3) is 0.136. The monoisotopic (exact) mass is 375 g/mol. The topological polar surface area (TPSA) is 83.7 Å². The summed E-state index contributed by atoms with van der Waals surface area (Å²) in [5, 5.41) is 13.3. The summed E-state index contributed by atoms with van der Waals surface area (Å²) in [6.45, 7) is 5.81. The summed E-state index contributed by atoms with van der Waals surface area (Å²) < 4.78 is 1.99. The van der Waals surface area contributed by atoms with Gasteiger partial charge in [-0.25, -0.2) is 10.2 Å². The zero-order valence-electron chi connectivity index (χ0n) is 15.9. The van der Waals surface area contributed by atoms with Gasteiger partial charge in [0.2, 0.25) is 0 Å². The number of rotatable bonds is 5. The molecule has 0 atom stereocenters. The van der Waals surface area contributed by atoms with Gasteiger partial charge in [0.05, 0.1) is 11.8 Å². The van der Waals surface area contributed by atoms with E-state index in [4.69, 9.17) is 0 Å². The molecule has 2 N–H and O–H groups in total. The van der Waals surface area contributed by atoms with Gasteiger partial charge in [-0.1, -0.05) is 24.3 Å².